The van der Waals surface area contributed by atoms with Gasteiger partial charge in [0.25, 0.3) is 5.91 Å². The molecule has 7 heteroatoms. The second kappa shape index (κ2) is 10.5. The molecule has 0 atom stereocenters. The van der Waals surface area contributed by atoms with E-state index in [-0.39, 0.29) is 12.5 Å². The van der Waals surface area contributed by atoms with Crippen molar-refractivity contribution in [2.45, 2.75) is 9.79 Å². The highest BCUT2D eigenvalue weighted by molar-refractivity contribution is 7.99. The Balaban J connectivity index is 1.44. The number of ether oxygens (including phenoxy) is 2. The number of rotatable bonds is 8. The maximum Gasteiger partial charge on any atom is 0.277 e. The number of methoxy groups -OCH3 is 1. The Morgan fingerprint density at radius 1 is 0.966 bits per heavy atom. The lowest BCUT2D eigenvalue weighted by molar-refractivity contribution is -0.123. The summed E-state index contributed by atoms with van der Waals surface area (Å²) in [6.45, 7) is -0.125. The third-order valence-corrected chi connectivity index (χ3v) is 5.03. The van der Waals surface area contributed by atoms with Gasteiger partial charge in [-0.2, -0.15) is 5.10 Å². The quantitative estimate of drug-likeness (QED) is 0.405. The van der Waals surface area contributed by atoms with Crippen LogP contribution in [0.2, 0.25) is 5.02 Å². The first-order valence-corrected chi connectivity index (χ1v) is 9.94. The van der Waals surface area contributed by atoms with Gasteiger partial charge in [-0.25, -0.2) is 5.43 Å². The lowest BCUT2D eigenvalue weighted by Crippen LogP contribution is -2.24. The van der Waals surface area contributed by atoms with E-state index in [1.165, 1.54) is 0 Å². The van der Waals surface area contributed by atoms with Crippen molar-refractivity contribution < 1.29 is 14.3 Å². The van der Waals surface area contributed by atoms with Gasteiger partial charge in [-0.05, 0) is 66.2 Å². The molecule has 3 rings (SSSR count). The van der Waals surface area contributed by atoms with Gasteiger partial charge in [0.05, 0.1) is 13.3 Å². The van der Waals surface area contributed by atoms with E-state index in [4.69, 9.17) is 21.1 Å². The van der Waals surface area contributed by atoms with Crippen molar-refractivity contribution in [2.75, 3.05) is 13.7 Å². The number of amides is 1. The van der Waals surface area contributed by atoms with Crippen molar-refractivity contribution in [3.63, 3.8) is 0 Å². The average Bonchev–Trinajstić information content (AvgIpc) is 2.75. The number of hydrogen-bond acceptors (Lipinski definition) is 5. The molecule has 1 amide bonds. The van der Waals surface area contributed by atoms with Gasteiger partial charge in [0, 0.05) is 14.8 Å². The molecule has 1 N–H and O–H groups in total. The van der Waals surface area contributed by atoms with Crippen LogP contribution in [0.3, 0.4) is 0 Å². The number of hydrazone groups is 1. The summed E-state index contributed by atoms with van der Waals surface area (Å²) in [5, 5.41) is 4.68. The zero-order valence-electron chi connectivity index (χ0n) is 15.7. The van der Waals surface area contributed by atoms with Crippen molar-refractivity contribution >= 4 is 35.5 Å². The van der Waals surface area contributed by atoms with Gasteiger partial charge >= 0.3 is 0 Å². The molecule has 3 aromatic rings. The first-order chi connectivity index (χ1) is 14.1. The van der Waals surface area contributed by atoms with Crippen LogP contribution in [0.4, 0.5) is 0 Å². The summed E-state index contributed by atoms with van der Waals surface area (Å²) in [5.74, 6) is 0.967. The largest absolute Gasteiger partial charge is 0.497 e. The minimum atomic E-state index is -0.341. The van der Waals surface area contributed by atoms with Gasteiger partial charge in [0.2, 0.25) is 0 Å². The monoisotopic (exact) mass is 426 g/mol. The molecule has 148 valence electrons. The Bertz CT molecular complexity index is 959. The Kier molecular flexibility index (Phi) is 7.55. The number of benzene rings is 3. The summed E-state index contributed by atoms with van der Waals surface area (Å²) in [6, 6.07) is 22.5. The molecule has 0 aromatic heterocycles. The fourth-order valence-electron chi connectivity index (χ4n) is 2.29. The molecule has 0 aliphatic carbocycles. The summed E-state index contributed by atoms with van der Waals surface area (Å²) in [5.41, 5.74) is 3.32. The number of carbonyl (C=O) groups excluding carboxylic acids is 1. The molecule has 0 bridgehead atoms. The van der Waals surface area contributed by atoms with Gasteiger partial charge in [-0.1, -0.05) is 35.5 Å². The van der Waals surface area contributed by atoms with Crippen molar-refractivity contribution in [3.8, 4) is 11.5 Å². The molecule has 0 spiro atoms. The van der Waals surface area contributed by atoms with Crippen LogP contribution in [0.5, 0.6) is 11.5 Å². The van der Waals surface area contributed by atoms with E-state index in [9.17, 15) is 4.79 Å². The number of halogens is 1. The first-order valence-electron chi connectivity index (χ1n) is 8.74. The molecule has 5 nitrogen and oxygen atoms in total. The number of nitrogens with zero attached hydrogens (tertiary/aromatic N) is 1. The summed E-state index contributed by atoms with van der Waals surface area (Å²) < 4.78 is 10.5. The predicted octanol–water partition coefficient (Wildman–Crippen LogP) is 5.03. The SMILES string of the molecule is COc1ccc(OCC(=O)N/N=C/c2ccc(Sc3ccc(Cl)cc3)cc2)cc1. The lowest BCUT2D eigenvalue weighted by Gasteiger charge is -2.06. The zero-order valence-corrected chi connectivity index (χ0v) is 17.2. The van der Waals surface area contributed by atoms with Gasteiger partial charge in [-0.3, -0.25) is 4.79 Å². The van der Waals surface area contributed by atoms with Crippen LogP contribution in [0.15, 0.2) is 87.7 Å². The van der Waals surface area contributed by atoms with Gasteiger partial charge < -0.3 is 9.47 Å². The fourth-order valence-corrected chi connectivity index (χ4v) is 3.24. The molecule has 3 aromatic carbocycles. The Morgan fingerprint density at radius 2 is 1.55 bits per heavy atom. The third-order valence-electron chi connectivity index (χ3n) is 3.76. The van der Waals surface area contributed by atoms with Crippen molar-refractivity contribution in [1.29, 1.82) is 0 Å². The van der Waals surface area contributed by atoms with E-state index in [2.05, 4.69) is 10.5 Å². The van der Waals surface area contributed by atoms with Crippen LogP contribution in [-0.2, 0) is 4.79 Å². The van der Waals surface area contributed by atoms with Crippen molar-refractivity contribution in [2.24, 2.45) is 5.10 Å². The summed E-state index contributed by atoms with van der Waals surface area (Å²) in [6.07, 6.45) is 1.59. The molecule has 0 radical (unpaired) electrons. The molecule has 0 saturated carbocycles. The highest BCUT2D eigenvalue weighted by Gasteiger charge is 2.02. The maximum absolute atomic E-state index is 11.8. The molecule has 0 unspecified atom stereocenters. The van der Waals surface area contributed by atoms with E-state index >= 15 is 0 Å². The normalized spacial score (nSPS) is 10.7. The molecule has 0 aliphatic heterocycles. The Hall–Kier alpha value is -2.96. The molecule has 29 heavy (non-hydrogen) atoms. The molecule has 0 fully saturated rings. The maximum atomic E-state index is 11.8. The minimum absolute atomic E-state index is 0.125. The van der Waals surface area contributed by atoms with E-state index in [0.29, 0.717) is 5.75 Å². The van der Waals surface area contributed by atoms with Gasteiger partial charge in [0.15, 0.2) is 6.61 Å². The smallest absolute Gasteiger partial charge is 0.277 e. The van der Waals surface area contributed by atoms with E-state index in [1.54, 1.807) is 49.4 Å². The van der Waals surface area contributed by atoms with Crippen LogP contribution in [-0.4, -0.2) is 25.8 Å². The Labute approximate surface area is 178 Å². The third kappa shape index (κ3) is 6.85. The summed E-state index contributed by atoms with van der Waals surface area (Å²) in [4.78, 5) is 14.0. The second-order valence-corrected chi connectivity index (χ2v) is 7.47. The Morgan fingerprint density at radius 3 is 2.17 bits per heavy atom. The highest BCUT2D eigenvalue weighted by Crippen LogP contribution is 2.28. The number of nitrogens with one attached hydrogen (secondary N) is 1. The highest BCUT2D eigenvalue weighted by atomic mass is 35.5. The van der Waals surface area contributed by atoms with Crippen molar-refractivity contribution in [3.05, 3.63) is 83.4 Å². The average molecular weight is 427 g/mol. The molecular formula is C22H19ClN2O3S. The molecular weight excluding hydrogens is 408 g/mol. The molecule has 0 aliphatic rings. The fraction of sp³-hybridized carbons (Fsp3) is 0.0909. The van der Waals surface area contributed by atoms with Crippen molar-refractivity contribution in [1.82, 2.24) is 5.43 Å². The van der Waals surface area contributed by atoms with E-state index in [0.717, 1.165) is 26.1 Å². The van der Waals surface area contributed by atoms with E-state index in [1.807, 2.05) is 48.5 Å². The van der Waals surface area contributed by atoms with Crippen LogP contribution in [0.25, 0.3) is 0 Å². The first kappa shape index (κ1) is 20.8. The second-order valence-electron chi connectivity index (χ2n) is 5.88. The minimum Gasteiger partial charge on any atom is -0.497 e. The summed E-state index contributed by atoms with van der Waals surface area (Å²) >= 11 is 7.55. The van der Waals surface area contributed by atoms with Gasteiger partial charge in [-0.15, -0.1) is 0 Å². The molecule has 0 heterocycles. The number of carbonyl (C=O) groups is 1. The van der Waals surface area contributed by atoms with Crippen LogP contribution < -0.4 is 14.9 Å². The topological polar surface area (TPSA) is 59.9 Å². The van der Waals surface area contributed by atoms with E-state index < -0.39 is 0 Å². The van der Waals surface area contributed by atoms with Gasteiger partial charge in [0.1, 0.15) is 11.5 Å². The molecule has 0 saturated heterocycles. The predicted molar refractivity (Wildman–Crippen MR) is 116 cm³/mol. The standard InChI is InChI=1S/C22H19ClN2O3S/c1-27-18-6-8-19(9-7-18)28-15-22(26)25-24-14-16-2-10-20(11-3-16)29-21-12-4-17(23)5-13-21/h2-14H,15H2,1H3,(H,25,26)/b24-14+. The number of hydrogen-bond donors (Lipinski definition) is 1. The van der Waals surface area contributed by atoms with Crippen LogP contribution in [0.1, 0.15) is 5.56 Å². The van der Waals surface area contributed by atoms with Crippen LogP contribution in [0, 0.1) is 0 Å². The van der Waals surface area contributed by atoms with Crippen LogP contribution >= 0.6 is 23.4 Å². The summed E-state index contributed by atoms with van der Waals surface area (Å²) in [7, 11) is 1.59. The lowest BCUT2D eigenvalue weighted by atomic mass is 10.2. The zero-order chi connectivity index (χ0) is 20.5.